The number of nitrogens with zero attached hydrogens (tertiary/aromatic N) is 2. The van der Waals surface area contributed by atoms with Gasteiger partial charge in [-0.05, 0) is 24.8 Å². The number of nitrogens with one attached hydrogen (secondary N) is 1. The first kappa shape index (κ1) is 13.8. The van der Waals surface area contributed by atoms with E-state index in [4.69, 9.17) is 4.52 Å². The van der Waals surface area contributed by atoms with Crippen LogP contribution >= 0.6 is 0 Å². The van der Waals surface area contributed by atoms with E-state index in [2.05, 4.69) is 34.5 Å². The van der Waals surface area contributed by atoms with Crippen LogP contribution in [0.15, 0.2) is 28.8 Å². The predicted molar refractivity (Wildman–Crippen MR) is 78.6 cm³/mol. The average molecular weight is 285 g/mol. The Morgan fingerprint density at radius 2 is 2.10 bits per heavy atom. The molecule has 0 bridgehead atoms. The topological polar surface area (TPSA) is 68.0 Å². The Balaban J connectivity index is 1.58. The molecular formula is C16H19N3O2. The van der Waals surface area contributed by atoms with E-state index in [1.807, 2.05) is 12.1 Å². The molecule has 2 aromatic rings. The molecule has 1 aromatic heterocycles. The third kappa shape index (κ3) is 3.68. The van der Waals surface area contributed by atoms with Gasteiger partial charge in [0.05, 0.1) is 0 Å². The van der Waals surface area contributed by atoms with Gasteiger partial charge >= 0.3 is 0 Å². The van der Waals surface area contributed by atoms with Gasteiger partial charge < -0.3 is 9.84 Å². The van der Waals surface area contributed by atoms with Crippen LogP contribution in [0, 0.1) is 0 Å². The highest BCUT2D eigenvalue weighted by Crippen LogP contribution is 2.19. The number of carbonyl (C=O) groups is 1. The molecule has 0 unspecified atom stereocenters. The van der Waals surface area contributed by atoms with E-state index < -0.39 is 0 Å². The molecule has 1 amide bonds. The zero-order chi connectivity index (χ0) is 14.7. The summed E-state index contributed by atoms with van der Waals surface area (Å²) in [5, 5.41) is 6.92. The number of rotatable bonds is 6. The molecule has 1 fully saturated rings. The highest BCUT2D eigenvalue weighted by atomic mass is 16.5. The van der Waals surface area contributed by atoms with Crippen LogP contribution in [-0.2, 0) is 17.6 Å². The number of aromatic nitrogens is 2. The summed E-state index contributed by atoms with van der Waals surface area (Å²) in [6.45, 7) is 2.12. The molecular weight excluding hydrogens is 266 g/mol. The summed E-state index contributed by atoms with van der Waals surface area (Å²) in [4.78, 5) is 16.0. The van der Waals surface area contributed by atoms with Crippen molar-refractivity contribution >= 4 is 5.91 Å². The summed E-state index contributed by atoms with van der Waals surface area (Å²) in [5.41, 5.74) is 2.21. The zero-order valence-electron chi connectivity index (χ0n) is 12.1. The number of benzene rings is 1. The molecule has 5 nitrogen and oxygen atoms in total. The van der Waals surface area contributed by atoms with Crippen LogP contribution in [0.5, 0.6) is 0 Å². The Morgan fingerprint density at radius 1 is 1.33 bits per heavy atom. The zero-order valence-corrected chi connectivity index (χ0v) is 12.1. The number of amides is 1. The van der Waals surface area contributed by atoms with Gasteiger partial charge in [0.2, 0.25) is 17.6 Å². The summed E-state index contributed by atoms with van der Waals surface area (Å²) in [7, 11) is 0. The summed E-state index contributed by atoms with van der Waals surface area (Å²) in [6.07, 6.45) is 4.09. The molecule has 1 N–H and O–H groups in total. The summed E-state index contributed by atoms with van der Waals surface area (Å²) in [6, 6.07) is 8.51. The Kier molecular flexibility index (Phi) is 3.99. The molecule has 0 aliphatic heterocycles. The van der Waals surface area contributed by atoms with E-state index in [0.717, 1.165) is 24.8 Å². The summed E-state index contributed by atoms with van der Waals surface area (Å²) in [5.74, 6) is 1.15. The maximum atomic E-state index is 11.6. The van der Waals surface area contributed by atoms with Crippen molar-refractivity contribution in [1.82, 2.24) is 15.5 Å². The lowest BCUT2D eigenvalue weighted by Crippen LogP contribution is -2.25. The Morgan fingerprint density at radius 3 is 2.76 bits per heavy atom. The minimum absolute atomic E-state index is 0.0598. The van der Waals surface area contributed by atoms with Crippen LogP contribution in [0.25, 0.3) is 11.4 Å². The molecule has 1 saturated carbocycles. The first-order chi connectivity index (χ1) is 10.2. The molecule has 1 aliphatic carbocycles. The van der Waals surface area contributed by atoms with Crippen molar-refractivity contribution in [1.29, 1.82) is 0 Å². The first-order valence-electron chi connectivity index (χ1n) is 7.46. The minimum Gasteiger partial charge on any atom is -0.353 e. The second-order valence-electron chi connectivity index (χ2n) is 5.40. The van der Waals surface area contributed by atoms with E-state index in [1.54, 1.807) is 0 Å². The van der Waals surface area contributed by atoms with E-state index in [9.17, 15) is 4.79 Å². The van der Waals surface area contributed by atoms with Gasteiger partial charge in [0.1, 0.15) is 0 Å². The second-order valence-corrected chi connectivity index (χ2v) is 5.40. The molecule has 5 heteroatoms. The van der Waals surface area contributed by atoms with Crippen molar-refractivity contribution in [3.63, 3.8) is 0 Å². The molecule has 1 aliphatic rings. The van der Waals surface area contributed by atoms with E-state index >= 15 is 0 Å². The molecule has 21 heavy (non-hydrogen) atoms. The minimum atomic E-state index is 0.0598. The van der Waals surface area contributed by atoms with Crippen molar-refractivity contribution in [2.75, 3.05) is 0 Å². The van der Waals surface area contributed by atoms with Crippen molar-refractivity contribution in [2.24, 2.45) is 0 Å². The predicted octanol–water partition coefficient (Wildman–Crippen LogP) is 2.51. The van der Waals surface area contributed by atoms with Crippen LogP contribution < -0.4 is 5.32 Å². The number of carbonyl (C=O) groups excluding carboxylic acids is 1. The average Bonchev–Trinajstić information content (AvgIpc) is 3.19. The van der Waals surface area contributed by atoms with Crippen LogP contribution in [0.1, 0.15) is 37.6 Å². The summed E-state index contributed by atoms with van der Waals surface area (Å²) < 4.78 is 5.21. The maximum absolute atomic E-state index is 11.6. The molecule has 0 spiro atoms. The summed E-state index contributed by atoms with van der Waals surface area (Å²) >= 11 is 0. The van der Waals surface area contributed by atoms with Gasteiger partial charge in [-0.2, -0.15) is 4.98 Å². The van der Waals surface area contributed by atoms with Gasteiger partial charge in [0, 0.05) is 24.4 Å². The third-order valence-corrected chi connectivity index (χ3v) is 3.60. The lowest BCUT2D eigenvalue weighted by Gasteiger charge is -2.00. The van der Waals surface area contributed by atoms with E-state index in [0.29, 0.717) is 30.6 Å². The molecule has 1 heterocycles. The number of hydrogen-bond acceptors (Lipinski definition) is 4. The van der Waals surface area contributed by atoms with Gasteiger partial charge in [-0.15, -0.1) is 0 Å². The van der Waals surface area contributed by atoms with Crippen LogP contribution in [-0.4, -0.2) is 22.1 Å². The second kappa shape index (κ2) is 6.08. The van der Waals surface area contributed by atoms with Crippen molar-refractivity contribution in [3.8, 4) is 11.4 Å². The van der Waals surface area contributed by atoms with E-state index in [-0.39, 0.29) is 5.91 Å². The number of hydrogen-bond donors (Lipinski definition) is 1. The van der Waals surface area contributed by atoms with Crippen molar-refractivity contribution in [3.05, 3.63) is 35.7 Å². The van der Waals surface area contributed by atoms with Crippen LogP contribution in [0.4, 0.5) is 0 Å². The number of aryl methyl sites for hydroxylation is 2. The smallest absolute Gasteiger partial charge is 0.227 e. The standard InChI is InChI=1S/C16H19N3O2/c1-2-11-3-5-12(6-4-11)16-18-15(21-19-16)10-9-14(20)17-13-7-8-13/h3-6,13H,2,7-10H2,1H3,(H,17,20). The highest BCUT2D eigenvalue weighted by Gasteiger charge is 2.23. The maximum Gasteiger partial charge on any atom is 0.227 e. The molecule has 0 radical (unpaired) electrons. The first-order valence-corrected chi connectivity index (χ1v) is 7.46. The van der Waals surface area contributed by atoms with Gasteiger partial charge in [-0.3, -0.25) is 4.79 Å². The Hall–Kier alpha value is -2.17. The Bertz CT molecular complexity index is 615. The molecule has 0 saturated heterocycles. The van der Waals surface area contributed by atoms with Crippen LogP contribution in [0.3, 0.4) is 0 Å². The van der Waals surface area contributed by atoms with Crippen molar-refractivity contribution in [2.45, 2.75) is 45.1 Å². The monoisotopic (exact) mass is 285 g/mol. The van der Waals surface area contributed by atoms with Gasteiger partial charge in [0.15, 0.2) is 0 Å². The fourth-order valence-corrected chi connectivity index (χ4v) is 2.11. The van der Waals surface area contributed by atoms with Gasteiger partial charge in [-0.25, -0.2) is 0 Å². The normalized spacial score (nSPS) is 14.1. The fraction of sp³-hybridized carbons (Fsp3) is 0.438. The molecule has 1 aromatic carbocycles. The lowest BCUT2D eigenvalue weighted by atomic mass is 10.1. The quantitative estimate of drug-likeness (QED) is 0.885. The Labute approximate surface area is 123 Å². The third-order valence-electron chi connectivity index (χ3n) is 3.60. The SMILES string of the molecule is CCc1ccc(-c2noc(CCC(=O)NC3CC3)n2)cc1. The molecule has 110 valence electrons. The fourth-order valence-electron chi connectivity index (χ4n) is 2.11. The van der Waals surface area contributed by atoms with Gasteiger partial charge in [-0.1, -0.05) is 36.3 Å². The lowest BCUT2D eigenvalue weighted by molar-refractivity contribution is -0.121. The van der Waals surface area contributed by atoms with Gasteiger partial charge in [0.25, 0.3) is 0 Å². The largest absolute Gasteiger partial charge is 0.353 e. The van der Waals surface area contributed by atoms with Crippen LogP contribution in [0.2, 0.25) is 0 Å². The van der Waals surface area contributed by atoms with Crippen molar-refractivity contribution < 1.29 is 9.32 Å². The van der Waals surface area contributed by atoms with E-state index in [1.165, 1.54) is 5.56 Å². The molecule has 3 rings (SSSR count). The molecule has 0 atom stereocenters. The highest BCUT2D eigenvalue weighted by molar-refractivity contribution is 5.76.